The van der Waals surface area contributed by atoms with Gasteiger partial charge < -0.3 is 0 Å². The van der Waals surface area contributed by atoms with E-state index in [1.165, 1.54) is 6.07 Å². The molecule has 84 valence electrons. The van der Waals surface area contributed by atoms with Gasteiger partial charge in [0.2, 0.25) is 0 Å². The van der Waals surface area contributed by atoms with Crippen molar-refractivity contribution in [1.82, 2.24) is 20.2 Å². The molecular weight excluding hydrogens is 209 g/mol. The predicted molar refractivity (Wildman–Crippen MR) is 56.6 cm³/mol. The molecule has 0 spiro atoms. The summed E-state index contributed by atoms with van der Waals surface area (Å²) in [5, 5.41) is 4.22. The highest BCUT2D eigenvalue weighted by Gasteiger charge is 2.16. The third-order valence-electron chi connectivity index (χ3n) is 2.24. The standard InChI is InChI=1S/C10H12FN5/c1-16-5-4-9(15-16)10(14-12)8-3-2-7(11)6-13-8/h2-6,10,14H,12H2,1H3. The minimum absolute atomic E-state index is 0.332. The highest BCUT2D eigenvalue weighted by Crippen LogP contribution is 2.17. The van der Waals surface area contributed by atoms with Crippen molar-refractivity contribution in [2.24, 2.45) is 12.9 Å². The van der Waals surface area contributed by atoms with Crippen LogP contribution < -0.4 is 11.3 Å². The maximum Gasteiger partial charge on any atom is 0.141 e. The van der Waals surface area contributed by atoms with Crippen LogP contribution >= 0.6 is 0 Å². The Morgan fingerprint density at radius 2 is 2.19 bits per heavy atom. The van der Waals surface area contributed by atoms with Crippen molar-refractivity contribution < 1.29 is 4.39 Å². The summed E-state index contributed by atoms with van der Waals surface area (Å²) in [7, 11) is 1.81. The molecule has 2 aromatic rings. The normalized spacial score (nSPS) is 12.7. The third kappa shape index (κ3) is 2.07. The SMILES string of the molecule is Cn1ccc(C(NN)c2ccc(F)cn2)n1. The average molecular weight is 221 g/mol. The van der Waals surface area contributed by atoms with Crippen molar-refractivity contribution in [2.45, 2.75) is 6.04 Å². The number of hydrazine groups is 1. The van der Waals surface area contributed by atoms with E-state index in [4.69, 9.17) is 5.84 Å². The van der Waals surface area contributed by atoms with Crippen LogP contribution in [0.4, 0.5) is 4.39 Å². The summed E-state index contributed by atoms with van der Waals surface area (Å²) in [6.07, 6.45) is 2.96. The van der Waals surface area contributed by atoms with Gasteiger partial charge >= 0.3 is 0 Å². The number of nitrogens with zero attached hydrogens (tertiary/aromatic N) is 3. The van der Waals surface area contributed by atoms with Crippen LogP contribution in [0.1, 0.15) is 17.4 Å². The second kappa shape index (κ2) is 4.38. The first kappa shape index (κ1) is 10.7. The van der Waals surface area contributed by atoms with Crippen LogP contribution in [0.25, 0.3) is 0 Å². The summed E-state index contributed by atoms with van der Waals surface area (Å²) in [5.74, 6) is 5.08. The molecule has 16 heavy (non-hydrogen) atoms. The molecule has 2 aromatic heterocycles. The number of aromatic nitrogens is 3. The Balaban J connectivity index is 2.32. The number of rotatable bonds is 3. The minimum atomic E-state index is -0.374. The Labute approximate surface area is 92.1 Å². The van der Waals surface area contributed by atoms with E-state index in [1.807, 2.05) is 19.3 Å². The smallest absolute Gasteiger partial charge is 0.141 e. The predicted octanol–water partition coefficient (Wildman–Crippen LogP) is 0.507. The van der Waals surface area contributed by atoms with E-state index >= 15 is 0 Å². The zero-order valence-corrected chi connectivity index (χ0v) is 8.76. The van der Waals surface area contributed by atoms with E-state index in [0.717, 1.165) is 11.9 Å². The number of nitrogens with two attached hydrogens (primary N) is 1. The molecule has 0 amide bonds. The quantitative estimate of drug-likeness (QED) is 0.585. The molecule has 0 saturated heterocycles. The van der Waals surface area contributed by atoms with Gasteiger partial charge in [0.05, 0.1) is 17.6 Å². The minimum Gasteiger partial charge on any atom is -0.275 e. The summed E-state index contributed by atoms with van der Waals surface area (Å²) >= 11 is 0. The van der Waals surface area contributed by atoms with Gasteiger partial charge in [-0.1, -0.05) is 0 Å². The molecule has 1 unspecified atom stereocenters. The average Bonchev–Trinajstić information content (AvgIpc) is 2.69. The molecule has 0 bridgehead atoms. The molecule has 2 heterocycles. The fraction of sp³-hybridized carbons (Fsp3) is 0.200. The molecule has 3 N–H and O–H groups in total. The molecule has 0 fully saturated rings. The Morgan fingerprint density at radius 1 is 1.38 bits per heavy atom. The summed E-state index contributed by atoms with van der Waals surface area (Å²) in [6, 6.07) is 4.42. The van der Waals surface area contributed by atoms with Crippen LogP contribution in [0.2, 0.25) is 0 Å². The summed E-state index contributed by atoms with van der Waals surface area (Å²) in [4.78, 5) is 3.97. The Hall–Kier alpha value is -1.79. The first-order chi connectivity index (χ1) is 7.70. The Morgan fingerprint density at radius 3 is 2.69 bits per heavy atom. The lowest BCUT2D eigenvalue weighted by Gasteiger charge is -2.12. The van der Waals surface area contributed by atoms with Gasteiger partial charge in [-0.25, -0.2) is 9.82 Å². The Bertz CT molecular complexity index is 464. The van der Waals surface area contributed by atoms with Crippen LogP contribution in [0.3, 0.4) is 0 Å². The van der Waals surface area contributed by atoms with Gasteiger partial charge in [-0.15, -0.1) is 0 Å². The summed E-state index contributed by atoms with van der Waals surface area (Å²) in [6.45, 7) is 0. The number of hydrogen-bond donors (Lipinski definition) is 2. The lowest BCUT2D eigenvalue weighted by Crippen LogP contribution is -2.30. The number of hydrogen-bond acceptors (Lipinski definition) is 4. The van der Waals surface area contributed by atoms with Gasteiger partial charge in [-0.05, 0) is 18.2 Å². The molecule has 0 saturated carbocycles. The molecule has 1 atom stereocenters. The lowest BCUT2D eigenvalue weighted by molar-refractivity contribution is 0.579. The van der Waals surface area contributed by atoms with Crippen LogP contribution in [-0.2, 0) is 7.05 Å². The lowest BCUT2D eigenvalue weighted by atomic mass is 10.1. The Kier molecular flexibility index (Phi) is 2.93. The first-order valence-electron chi connectivity index (χ1n) is 4.78. The van der Waals surface area contributed by atoms with Gasteiger partial charge in [-0.2, -0.15) is 5.10 Å². The van der Waals surface area contributed by atoms with Crippen LogP contribution in [-0.4, -0.2) is 14.8 Å². The first-order valence-corrected chi connectivity index (χ1v) is 4.78. The molecule has 6 heteroatoms. The van der Waals surface area contributed by atoms with E-state index in [0.29, 0.717) is 5.69 Å². The molecule has 0 aliphatic heterocycles. The fourth-order valence-corrected chi connectivity index (χ4v) is 1.47. The van der Waals surface area contributed by atoms with E-state index < -0.39 is 0 Å². The van der Waals surface area contributed by atoms with Crippen molar-refractivity contribution in [3.63, 3.8) is 0 Å². The molecule has 0 aliphatic rings. The monoisotopic (exact) mass is 221 g/mol. The maximum atomic E-state index is 12.7. The maximum absolute atomic E-state index is 12.7. The van der Waals surface area contributed by atoms with Crippen molar-refractivity contribution in [1.29, 1.82) is 0 Å². The van der Waals surface area contributed by atoms with Crippen LogP contribution in [0.15, 0.2) is 30.6 Å². The number of nitrogens with one attached hydrogen (secondary N) is 1. The number of pyridine rings is 1. The number of aryl methyl sites for hydroxylation is 1. The van der Waals surface area contributed by atoms with E-state index in [9.17, 15) is 4.39 Å². The van der Waals surface area contributed by atoms with Gasteiger partial charge in [0.1, 0.15) is 11.9 Å². The molecule has 0 radical (unpaired) electrons. The second-order valence-corrected chi connectivity index (χ2v) is 3.42. The van der Waals surface area contributed by atoms with Crippen LogP contribution in [0.5, 0.6) is 0 Å². The molecule has 5 nitrogen and oxygen atoms in total. The van der Waals surface area contributed by atoms with E-state index in [-0.39, 0.29) is 11.9 Å². The highest BCUT2D eigenvalue weighted by molar-refractivity contribution is 5.20. The zero-order chi connectivity index (χ0) is 11.5. The zero-order valence-electron chi connectivity index (χ0n) is 8.76. The van der Waals surface area contributed by atoms with Crippen molar-refractivity contribution in [2.75, 3.05) is 0 Å². The highest BCUT2D eigenvalue weighted by atomic mass is 19.1. The van der Waals surface area contributed by atoms with Gasteiger partial charge in [0.15, 0.2) is 0 Å². The third-order valence-corrected chi connectivity index (χ3v) is 2.24. The molecule has 2 rings (SSSR count). The van der Waals surface area contributed by atoms with Crippen molar-refractivity contribution in [3.8, 4) is 0 Å². The number of halogens is 1. The summed E-state index contributed by atoms with van der Waals surface area (Å²) < 4.78 is 14.4. The van der Waals surface area contributed by atoms with E-state index in [2.05, 4.69) is 15.5 Å². The van der Waals surface area contributed by atoms with Gasteiger partial charge in [-0.3, -0.25) is 15.5 Å². The topological polar surface area (TPSA) is 68.8 Å². The van der Waals surface area contributed by atoms with Gasteiger partial charge in [0.25, 0.3) is 0 Å². The van der Waals surface area contributed by atoms with Crippen molar-refractivity contribution >= 4 is 0 Å². The summed E-state index contributed by atoms with van der Waals surface area (Å²) in [5.41, 5.74) is 3.97. The molecule has 0 aromatic carbocycles. The largest absolute Gasteiger partial charge is 0.275 e. The van der Waals surface area contributed by atoms with E-state index in [1.54, 1.807) is 10.7 Å². The van der Waals surface area contributed by atoms with Gasteiger partial charge in [0, 0.05) is 13.2 Å². The van der Waals surface area contributed by atoms with Crippen LogP contribution in [0, 0.1) is 5.82 Å². The fourth-order valence-electron chi connectivity index (χ4n) is 1.47. The van der Waals surface area contributed by atoms with Crippen molar-refractivity contribution in [3.05, 3.63) is 47.8 Å². The molecule has 0 aliphatic carbocycles. The second-order valence-electron chi connectivity index (χ2n) is 3.42. The molecular formula is C10H12FN5.